The van der Waals surface area contributed by atoms with E-state index in [9.17, 15) is 0 Å². The second-order valence-corrected chi connectivity index (χ2v) is 4.41. The Morgan fingerprint density at radius 1 is 1.05 bits per heavy atom. The van der Waals surface area contributed by atoms with Gasteiger partial charge in [0.1, 0.15) is 5.75 Å². The summed E-state index contributed by atoms with van der Waals surface area (Å²) in [6.07, 6.45) is 4.44. The van der Waals surface area contributed by atoms with Crippen molar-refractivity contribution in [2.45, 2.75) is 13.0 Å². The maximum Gasteiger partial charge on any atom is 0.321 e. The molecule has 0 aliphatic carbocycles. The van der Waals surface area contributed by atoms with Gasteiger partial charge in [-0.25, -0.2) is 9.97 Å². The molecule has 0 aliphatic heterocycles. The van der Waals surface area contributed by atoms with Crippen LogP contribution in [0.1, 0.15) is 12.0 Å². The third-order valence-corrected chi connectivity index (χ3v) is 2.76. The Kier molecular flexibility index (Phi) is 11.4. The summed E-state index contributed by atoms with van der Waals surface area (Å²) in [4.78, 5) is 8.09. The smallest absolute Gasteiger partial charge is 0.321 e. The average Bonchev–Trinajstić information content (AvgIpc) is 2.48. The van der Waals surface area contributed by atoms with E-state index >= 15 is 0 Å². The van der Waals surface area contributed by atoms with Crippen LogP contribution in [0.3, 0.4) is 0 Å². The van der Waals surface area contributed by atoms with Gasteiger partial charge in [-0.1, -0.05) is 12.1 Å². The lowest BCUT2D eigenvalue weighted by Gasteiger charge is -2.07. The number of rotatable bonds is 8. The minimum Gasteiger partial charge on any atom is -0.424 e. The van der Waals surface area contributed by atoms with Crippen LogP contribution in [-0.4, -0.2) is 30.1 Å². The number of hydrogen-bond acceptors (Lipinski definition) is 5. The zero-order valence-corrected chi connectivity index (χ0v) is 14.1. The SMILES string of the molecule is CNCCCNCc1cccc(Oc2ncccn2)c1.Cl.Cl. The summed E-state index contributed by atoms with van der Waals surface area (Å²) in [5.41, 5.74) is 1.18. The highest BCUT2D eigenvalue weighted by atomic mass is 35.5. The minimum absolute atomic E-state index is 0. The van der Waals surface area contributed by atoms with E-state index in [1.54, 1.807) is 18.5 Å². The Hall–Kier alpha value is -1.40. The summed E-state index contributed by atoms with van der Waals surface area (Å²) in [5, 5.41) is 6.53. The zero-order chi connectivity index (χ0) is 14.0. The molecule has 5 nitrogen and oxygen atoms in total. The van der Waals surface area contributed by atoms with Crippen molar-refractivity contribution in [2.75, 3.05) is 20.1 Å². The number of ether oxygens (including phenoxy) is 1. The van der Waals surface area contributed by atoms with E-state index in [4.69, 9.17) is 4.74 Å². The topological polar surface area (TPSA) is 59.1 Å². The molecule has 1 heterocycles. The standard InChI is InChI=1S/C15H20N4O.2ClH/c1-16-7-3-8-17-12-13-5-2-6-14(11-13)20-15-18-9-4-10-19-15;;/h2,4-6,9-11,16-17H,3,7-8,12H2,1H3;2*1H. The Morgan fingerprint density at radius 3 is 2.55 bits per heavy atom. The Labute approximate surface area is 143 Å². The maximum atomic E-state index is 5.60. The van der Waals surface area contributed by atoms with Gasteiger partial charge in [0.15, 0.2) is 0 Å². The van der Waals surface area contributed by atoms with Gasteiger partial charge < -0.3 is 15.4 Å². The molecule has 0 saturated heterocycles. The fourth-order valence-corrected chi connectivity index (χ4v) is 1.79. The van der Waals surface area contributed by atoms with Crippen molar-refractivity contribution in [1.29, 1.82) is 0 Å². The molecule has 22 heavy (non-hydrogen) atoms. The predicted octanol–water partition coefficient (Wildman–Crippen LogP) is 2.81. The van der Waals surface area contributed by atoms with E-state index in [2.05, 4.69) is 26.7 Å². The molecule has 0 fully saturated rings. The molecule has 0 radical (unpaired) electrons. The van der Waals surface area contributed by atoms with E-state index in [1.807, 2.05) is 25.2 Å². The summed E-state index contributed by atoms with van der Waals surface area (Å²) in [5.74, 6) is 0.755. The number of aromatic nitrogens is 2. The predicted molar refractivity (Wildman–Crippen MR) is 93.3 cm³/mol. The van der Waals surface area contributed by atoms with Crippen molar-refractivity contribution >= 4 is 24.8 Å². The molecule has 2 aromatic rings. The van der Waals surface area contributed by atoms with E-state index < -0.39 is 0 Å². The van der Waals surface area contributed by atoms with Gasteiger partial charge in [-0.2, -0.15) is 0 Å². The first-order chi connectivity index (χ1) is 9.88. The van der Waals surface area contributed by atoms with Gasteiger partial charge in [0, 0.05) is 18.9 Å². The van der Waals surface area contributed by atoms with E-state index in [0.29, 0.717) is 6.01 Å². The molecule has 0 aliphatic rings. The number of nitrogens with zero attached hydrogens (tertiary/aromatic N) is 2. The van der Waals surface area contributed by atoms with Gasteiger partial charge in [-0.05, 0) is 50.3 Å². The summed E-state index contributed by atoms with van der Waals surface area (Å²) in [7, 11) is 1.96. The molecule has 2 N–H and O–H groups in total. The molecule has 1 aromatic carbocycles. The summed E-state index contributed by atoms with van der Waals surface area (Å²) in [6, 6.07) is 10.1. The van der Waals surface area contributed by atoms with Gasteiger partial charge in [0.2, 0.25) is 0 Å². The van der Waals surface area contributed by atoms with Crippen LogP contribution in [0, 0.1) is 0 Å². The average molecular weight is 345 g/mol. The third-order valence-electron chi connectivity index (χ3n) is 2.76. The van der Waals surface area contributed by atoms with Crippen LogP contribution in [0.15, 0.2) is 42.7 Å². The van der Waals surface area contributed by atoms with E-state index in [-0.39, 0.29) is 24.8 Å². The molecule has 7 heteroatoms. The normalized spacial score (nSPS) is 9.50. The molecule has 0 saturated carbocycles. The lowest BCUT2D eigenvalue weighted by molar-refractivity contribution is 0.441. The van der Waals surface area contributed by atoms with Crippen LogP contribution in [0.25, 0.3) is 0 Å². The number of halogens is 2. The highest BCUT2D eigenvalue weighted by molar-refractivity contribution is 5.85. The van der Waals surface area contributed by atoms with Crippen molar-refractivity contribution in [3.63, 3.8) is 0 Å². The first-order valence-corrected chi connectivity index (χ1v) is 6.77. The van der Waals surface area contributed by atoms with Crippen molar-refractivity contribution in [2.24, 2.45) is 0 Å². The molecule has 2 rings (SSSR count). The second-order valence-electron chi connectivity index (χ2n) is 4.41. The molecular weight excluding hydrogens is 323 g/mol. The molecule has 0 unspecified atom stereocenters. The first kappa shape index (κ1) is 20.6. The fourth-order valence-electron chi connectivity index (χ4n) is 1.79. The second kappa shape index (κ2) is 12.2. The largest absolute Gasteiger partial charge is 0.424 e. The third kappa shape index (κ3) is 7.56. The van der Waals surface area contributed by atoms with Crippen LogP contribution in [0.2, 0.25) is 0 Å². The number of benzene rings is 1. The van der Waals surface area contributed by atoms with Crippen LogP contribution in [-0.2, 0) is 6.54 Å². The Bertz CT molecular complexity index is 514. The Balaban J connectivity index is 0.00000220. The van der Waals surface area contributed by atoms with Crippen molar-refractivity contribution in [3.05, 3.63) is 48.3 Å². The van der Waals surface area contributed by atoms with Gasteiger partial charge in [-0.15, -0.1) is 24.8 Å². The van der Waals surface area contributed by atoms with Gasteiger partial charge in [0.25, 0.3) is 0 Å². The van der Waals surface area contributed by atoms with Crippen LogP contribution in [0.4, 0.5) is 0 Å². The molecule has 122 valence electrons. The molecule has 0 bridgehead atoms. The number of hydrogen-bond donors (Lipinski definition) is 2. The van der Waals surface area contributed by atoms with Crippen LogP contribution >= 0.6 is 24.8 Å². The highest BCUT2D eigenvalue weighted by Gasteiger charge is 2.00. The minimum atomic E-state index is 0. The van der Waals surface area contributed by atoms with E-state index in [0.717, 1.165) is 31.8 Å². The molecule has 0 spiro atoms. The van der Waals surface area contributed by atoms with E-state index in [1.165, 1.54) is 5.56 Å². The quantitative estimate of drug-likeness (QED) is 0.721. The van der Waals surface area contributed by atoms with Gasteiger partial charge in [0.05, 0.1) is 0 Å². The molecule has 0 atom stereocenters. The zero-order valence-electron chi connectivity index (χ0n) is 12.5. The van der Waals surface area contributed by atoms with Crippen molar-refractivity contribution in [3.8, 4) is 11.8 Å². The molecule has 0 amide bonds. The van der Waals surface area contributed by atoms with Gasteiger partial charge >= 0.3 is 6.01 Å². The highest BCUT2D eigenvalue weighted by Crippen LogP contribution is 2.18. The van der Waals surface area contributed by atoms with Crippen molar-refractivity contribution in [1.82, 2.24) is 20.6 Å². The lowest BCUT2D eigenvalue weighted by Crippen LogP contribution is -2.19. The van der Waals surface area contributed by atoms with Gasteiger partial charge in [-0.3, -0.25) is 0 Å². The summed E-state index contributed by atoms with van der Waals surface area (Å²) >= 11 is 0. The lowest BCUT2D eigenvalue weighted by atomic mass is 10.2. The first-order valence-electron chi connectivity index (χ1n) is 6.77. The van der Waals surface area contributed by atoms with Crippen molar-refractivity contribution < 1.29 is 4.74 Å². The monoisotopic (exact) mass is 344 g/mol. The summed E-state index contributed by atoms with van der Waals surface area (Å²) in [6.45, 7) is 2.85. The van der Waals surface area contributed by atoms with Crippen LogP contribution < -0.4 is 15.4 Å². The summed E-state index contributed by atoms with van der Waals surface area (Å²) < 4.78 is 5.60. The fraction of sp³-hybridized carbons (Fsp3) is 0.333. The number of nitrogens with one attached hydrogen (secondary N) is 2. The maximum absolute atomic E-state index is 5.60. The molecule has 1 aromatic heterocycles. The van der Waals surface area contributed by atoms with Crippen LogP contribution in [0.5, 0.6) is 11.8 Å². The molecular formula is C15H22Cl2N4O. The Morgan fingerprint density at radius 2 is 1.82 bits per heavy atom.